The maximum Gasteiger partial charge on any atom is 0.225 e. The molecule has 0 bridgehead atoms. The Bertz CT molecular complexity index is 613. The summed E-state index contributed by atoms with van der Waals surface area (Å²) in [6.45, 7) is 2.14. The minimum absolute atomic E-state index is 0.0143. The number of carbonyl (C=O) groups is 1. The van der Waals surface area contributed by atoms with E-state index in [-0.39, 0.29) is 35.6 Å². The van der Waals surface area contributed by atoms with E-state index in [0.29, 0.717) is 12.2 Å². The number of nitrogens with one attached hydrogen (secondary N) is 2. The second-order valence-electron chi connectivity index (χ2n) is 5.02. The van der Waals surface area contributed by atoms with Gasteiger partial charge in [0.15, 0.2) is 9.84 Å². The number of hydrogen-bond acceptors (Lipinski definition) is 5. The van der Waals surface area contributed by atoms with Gasteiger partial charge in [0.1, 0.15) is 5.75 Å². The molecule has 6 nitrogen and oxygen atoms in total. The van der Waals surface area contributed by atoms with Crippen molar-refractivity contribution in [3.8, 4) is 5.75 Å². The Labute approximate surface area is 118 Å². The summed E-state index contributed by atoms with van der Waals surface area (Å²) in [5.74, 6) is -0.0553. The first-order chi connectivity index (χ1) is 9.35. The zero-order valence-corrected chi connectivity index (χ0v) is 12.0. The lowest BCUT2D eigenvalue weighted by atomic mass is 10.2. The lowest BCUT2D eigenvalue weighted by Gasteiger charge is -2.23. The van der Waals surface area contributed by atoms with Crippen LogP contribution in [0.4, 0.5) is 5.69 Å². The molecule has 0 radical (unpaired) electrons. The van der Waals surface area contributed by atoms with Crippen LogP contribution in [0.15, 0.2) is 18.2 Å². The molecule has 0 spiro atoms. The summed E-state index contributed by atoms with van der Waals surface area (Å²) in [6.07, 6.45) is 0.0911. The van der Waals surface area contributed by atoms with Crippen molar-refractivity contribution in [3.05, 3.63) is 23.8 Å². The fraction of sp³-hybridized carbons (Fsp3) is 0.462. The first-order valence-electron chi connectivity index (χ1n) is 6.39. The molecule has 20 heavy (non-hydrogen) atoms. The molecule has 1 aliphatic rings. The predicted molar refractivity (Wildman–Crippen MR) is 76.5 cm³/mol. The first kappa shape index (κ1) is 14.8. The van der Waals surface area contributed by atoms with Gasteiger partial charge in [0.2, 0.25) is 5.91 Å². The number of carbonyl (C=O) groups excluding carboxylic acids is 1. The molecule has 2 rings (SSSR count). The van der Waals surface area contributed by atoms with Crippen LogP contribution >= 0.6 is 0 Å². The van der Waals surface area contributed by atoms with Crippen LogP contribution < -0.4 is 10.6 Å². The van der Waals surface area contributed by atoms with Gasteiger partial charge < -0.3 is 15.7 Å². The third kappa shape index (κ3) is 3.94. The van der Waals surface area contributed by atoms with E-state index in [4.69, 9.17) is 0 Å². The molecule has 1 heterocycles. The number of hydrogen-bond donors (Lipinski definition) is 3. The highest BCUT2D eigenvalue weighted by Crippen LogP contribution is 2.21. The molecule has 110 valence electrons. The number of aryl methyl sites for hydroxylation is 1. The molecule has 1 unspecified atom stereocenters. The van der Waals surface area contributed by atoms with Crippen molar-refractivity contribution < 1.29 is 18.3 Å². The van der Waals surface area contributed by atoms with Crippen LogP contribution in [0, 0.1) is 6.92 Å². The Morgan fingerprint density at radius 2 is 2.25 bits per heavy atom. The molecule has 1 atom stereocenters. The van der Waals surface area contributed by atoms with Gasteiger partial charge in [0.25, 0.3) is 0 Å². The molecule has 3 N–H and O–H groups in total. The average molecular weight is 298 g/mol. The van der Waals surface area contributed by atoms with Crippen LogP contribution in [0.3, 0.4) is 0 Å². The van der Waals surface area contributed by atoms with E-state index in [1.807, 2.05) is 0 Å². The highest BCUT2D eigenvalue weighted by molar-refractivity contribution is 7.91. The first-order valence-corrected chi connectivity index (χ1v) is 8.21. The molecule has 1 aliphatic heterocycles. The Balaban J connectivity index is 1.93. The van der Waals surface area contributed by atoms with Crippen molar-refractivity contribution in [3.63, 3.8) is 0 Å². The second kappa shape index (κ2) is 5.80. The molecule has 1 aromatic rings. The number of aromatic hydroxyl groups is 1. The topological polar surface area (TPSA) is 95.5 Å². The average Bonchev–Trinajstić information content (AvgIpc) is 2.32. The van der Waals surface area contributed by atoms with Crippen LogP contribution in [-0.2, 0) is 14.6 Å². The molecular weight excluding hydrogens is 280 g/mol. The SMILES string of the molecule is Cc1ccc(NC(=O)CC2CS(=O)(=O)CCN2)cc1O. The van der Waals surface area contributed by atoms with Crippen LogP contribution in [0.5, 0.6) is 5.75 Å². The Morgan fingerprint density at radius 3 is 2.90 bits per heavy atom. The Kier molecular flexibility index (Phi) is 4.29. The smallest absolute Gasteiger partial charge is 0.225 e. The maximum absolute atomic E-state index is 11.9. The number of benzene rings is 1. The van der Waals surface area contributed by atoms with Gasteiger partial charge in [-0.1, -0.05) is 6.07 Å². The Hall–Kier alpha value is -1.60. The second-order valence-corrected chi connectivity index (χ2v) is 7.25. The highest BCUT2D eigenvalue weighted by Gasteiger charge is 2.25. The van der Waals surface area contributed by atoms with Crippen LogP contribution in [-0.4, -0.2) is 43.5 Å². The van der Waals surface area contributed by atoms with Crippen molar-refractivity contribution in [2.75, 3.05) is 23.4 Å². The number of anilines is 1. The molecule has 0 aliphatic carbocycles. The lowest BCUT2D eigenvalue weighted by molar-refractivity contribution is -0.116. The number of phenols is 1. The summed E-state index contributed by atoms with van der Waals surface area (Å²) in [5.41, 5.74) is 1.22. The molecule has 0 aromatic heterocycles. The van der Waals surface area contributed by atoms with E-state index in [0.717, 1.165) is 5.56 Å². The number of rotatable bonds is 3. The van der Waals surface area contributed by atoms with Crippen molar-refractivity contribution in [2.24, 2.45) is 0 Å². The minimum Gasteiger partial charge on any atom is -0.508 e. The van der Waals surface area contributed by atoms with E-state index in [1.54, 1.807) is 19.1 Å². The predicted octanol–water partition coefficient (Wildman–Crippen LogP) is 0.416. The van der Waals surface area contributed by atoms with Gasteiger partial charge in [-0.2, -0.15) is 0 Å². The summed E-state index contributed by atoms with van der Waals surface area (Å²) in [7, 11) is -3.05. The largest absolute Gasteiger partial charge is 0.508 e. The maximum atomic E-state index is 11.9. The monoisotopic (exact) mass is 298 g/mol. The van der Waals surface area contributed by atoms with Gasteiger partial charge in [-0.25, -0.2) is 8.42 Å². The van der Waals surface area contributed by atoms with E-state index in [9.17, 15) is 18.3 Å². The molecular formula is C13H18N2O4S. The molecule has 1 saturated heterocycles. The van der Waals surface area contributed by atoms with Gasteiger partial charge in [-0.05, 0) is 18.6 Å². The molecule has 1 aromatic carbocycles. The number of sulfone groups is 1. The standard InChI is InChI=1S/C13H18N2O4S/c1-9-2-3-10(6-12(9)16)15-13(17)7-11-8-20(18,19)5-4-14-11/h2-3,6,11,14,16H,4-5,7-8H2,1H3,(H,15,17). The third-order valence-electron chi connectivity index (χ3n) is 3.23. The third-order valence-corrected chi connectivity index (χ3v) is 4.96. The van der Waals surface area contributed by atoms with E-state index >= 15 is 0 Å². The van der Waals surface area contributed by atoms with Gasteiger partial charge in [0, 0.05) is 30.8 Å². The van der Waals surface area contributed by atoms with Crippen molar-refractivity contribution in [2.45, 2.75) is 19.4 Å². The number of phenolic OH excluding ortho intramolecular Hbond substituents is 1. The van der Waals surface area contributed by atoms with E-state index < -0.39 is 9.84 Å². The summed E-state index contributed by atoms with van der Waals surface area (Å²) < 4.78 is 23.0. The summed E-state index contributed by atoms with van der Waals surface area (Å²) in [5, 5.41) is 15.2. The van der Waals surface area contributed by atoms with Crippen LogP contribution in [0.2, 0.25) is 0 Å². The zero-order chi connectivity index (χ0) is 14.8. The van der Waals surface area contributed by atoms with E-state index in [1.165, 1.54) is 6.07 Å². The van der Waals surface area contributed by atoms with E-state index in [2.05, 4.69) is 10.6 Å². The van der Waals surface area contributed by atoms with Crippen LogP contribution in [0.25, 0.3) is 0 Å². The summed E-state index contributed by atoms with van der Waals surface area (Å²) in [4.78, 5) is 11.9. The zero-order valence-electron chi connectivity index (χ0n) is 11.2. The van der Waals surface area contributed by atoms with Crippen molar-refractivity contribution >= 4 is 21.4 Å². The van der Waals surface area contributed by atoms with Gasteiger partial charge in [-0.3, -0.25) is 4.79 Å². The van der Waals surface area contributed by atoms with Gasteiger partial charge >= 0.3 is 0 Å². The van der Waals surface area contributed by atoms with Crippen molar-refractivity contribution in [1.29, 1.82) is 0 Å². The minimum atomic E-state index is -3.05. The quantitative estimate of drug-likeness (QED) is 0.751. The Morgan fingerprint density at radius 1 is 1.50 bits per heavy atom. The summed E-state index contributed by atoms with van der Waals surface area (Å²) >= 11 is 0. The van der Waals surface area contributed by atoms with Crippen molar-refractivity contribution in [1.82, 2.24) is 5.32 Å². The molecule has 1 fully saturated rings. The van der Waals surface area contributed by atoms with Gasteiger partial charge in [-0.15, -0.1) is 0 Å². The lowest BCUT2D eigenvalue weighted by Crippen LogP contribution is -2.46. The van der Waals surface area contributed by atoms with Gasteiger partial charge in [0.05, 0.1) is 11.5 Å². The highest BCUT2D eigenvalue weighted by atomic mass is 32.2. The van der Waals surface area contributed by atoms with Crippen LogP contribution in [0.1, 0.15) is 12.0 Å². The fourth-order valence-electron chi connectivity index (χ4n) is 2.12. The fourth-order valence-corrected chi connectivity index (χ4v) is 3.57. The summed E-state index contributed by atoms with van der Waals surface area (Å²) in [6, 6.07) is 4.51. The normalized spacial score (nSPS) is 21.4. The molecule has 0 saturated carbocycles. The molecule has 1 amide bonds. The number of amides is 1. The molecule has 7 heteroatoms.